The fraction of sp³-hybridized carbons (Fsp3) is 0.800. The van der Waals surface area contributed by atoms with Crippen molar-refractivity contribution in [1.82, 2.24) is 5.32 Å². The van der Waals surface area contributed by atoms with Gasteiger partial charge in [0.15, 0.2) is 0 Å². The van der Waals surface area contributed by atoms with Crippen LogP contribution in [0.15, 0.2) is 12.7 Å². The van der Waals surface area contributed by atoms with E-state index >= 15 is 0 Å². The van der Waals surface area contributed by atoms with Gasteiger partial charge in [0.05, 0.1) is 6.10 Å². The summed E-state index contributed by atoms with van der Waals surface area (Å²) in [6, 6.07) is 0.481. The molecular weight excluding hydrogens is 150 g/mol. The zero-order valence-electron chi connectivity index (χ0n) is 7.88. The van der Waals surface area contributed by atoms with Crippen molar-refractivity contribution in [1.29, 1.82) is 0 Å². The monoisotopic (exact) mass is 169 g/mol. The maximum atomic E-state index is 5.61. The molecule has 1 rings (SSSR count). The molecule has 1 aliphatic rings. The summed E-state index contributed by atoms with van der Waals surface area (Å²) in [6.07, 6.45) is 5.81. The standard InChI is InChI=1S/C10H19NO/c1-3-6-9(11-4-2)10-7-5-8-12-10/h3,9-11H,1,4-8H2,2H3. The SMILES string of the molecule is C=CCC(NCC)C1CCCO1. The number of hydrogen-bond donors (Lipinski definition) is 1. The first kappa shape index (κ1) is 9.75. The Balaban J connectivity index is 2.33. The largest absolute Gasteiger partial charge is 0.377 e. The Morgan fingerprint density at radius 3 is 3.08 bits per heavy atom. The van der Waals surface area contributed by atoms with Crippen molar-refractivity contribution in [3.8, 4) is 0 Å². The molecule has 12 heavy (non-hydrogen) atoms. The van der Waals surface area contributed by atoms with E-state index in [4.69, 9.17) is 4.74 Å². The second-order valence-electron chi connectivity index (χ2n) is 3.24. The van der Waals surface area contributed by atoms with Gasteiger partial charge in [-0.1, -0.05) is 13.0 Å². The Bertz CT molecular complexity index is 130. The fourth-order valence-electron chi connectivity index (χ4n) is 1.73. The highest BCUT2D eigenvalue weighted by Gasteiger charge is 2.23. The van der Waals surface area contributed by atoms with E-state index in [0.29, 0.717) is 12.1 Å². The molecule has 0 aromatic heterocycles. The topological polar surface area (TPSA) is 21.3 Å². The van der Waals surface area contributed by atoms with Crippen LogP contribution >= 0.6 is 0 Å². The molecule has 0 bridgehead atoms. The minimum atomic E-state index is 0.419. The van der Waals surface area contributed by atoms with Gasteiger partial charge >= 0.3 is 0 Å². The molecule has 0 radical (unpaired) electrons. The smallest absolute Gasteiger partial charge is 0.0731 e. The quantitative estimate of drug-likeness (QED) is 0.633. The van der Waals surface area contributed by atoms with Crippen molar-refractivity contribution in [2.24, 2.45) is 0 Å². The molecule has 1 heterocycles. The third kappa shape index (κ3) is 2.61. The van der Waals surface area contributed by atoms with E-state index < -0.39 is 0 Å². The van der Waals surface area contributed by atoms with E-state index in [1.807, 2.05) is 6.08 Å². The third-order valence-corrected chi connectivity index (χ3v) is 2.30. The van der Waals surface area contributed by atoms with Gasteiger partial charge in [0.1, 0.15) is 0 Å². The van der Waals surface area contributed by atoms with Gasteiger partial charge in [-0.15, -0.1) is 6.58 Å². The van der Waals surface area contributed by atoms with Gasteiger partial charge in [-0.05, 0) is 25.8 Å². The van der Waals surface area contributed by atoms with Crippen LogP contribution in [0.5, 0.6) is 0 Å². The van der Waals surface area contributed by atoms with E-state index in [1.165, 1.54) is 12.8 Å². The van der Waals surface area contributed by atoms with Crippen LogP contribution < -0.4 is 5.32 Å². The Morgan fingerprint density at radius 2 is 2.58 bits per heavy atom. The Morgan fingerprint density at radius 1 is 1.75 bits per heavy atom. The first-order valence-corrected chi connectivity index (χ1v) is 4.84. The van der Waals surface area contributed by atoms with E-state index in [9.17, 15) is 0 Å². The summed E-state index contributed by atoms with van der Waals surface area (Å²) in [7, 11) is 0. The van der Waals surface area contributed by atoms with Crippen molar-refractivity contribution in [3.05, 3.63) is 12.7 Å². The van der Waals surface area contributed by atoms with Crippen molar-refractivity contribution in [2.75, 3.05) is 13.2 Å². The van der Waals surface area contributed by atoms with E-state index in [-0.39, 0.29) is 0 Å². The average Bonchev–Trinajstić information content (AvgIpc) is 2.56. The normalized spacial score (nSPS) is 25.6. The van der Waals surface area contributed by atoms with Crippen LogP contribution in [0.4, 0.5) is 0 Å². The number of likely N-dealkylation sites (N-methyl/N-ethyl adjacent to an activating group) is 1. The van der Waals surface area contributed by atoms with Gasteiger partial charge in [-0.2, -0.15) is 0 Å². The highest BCUT2D eigenvalue weighted by molar-refractivity contribution is 4.86. The van der Waals surface area contributed by atoms with Crippen molar-refractivity contribution >= 4 is 0 Å². The predicted molar refractivity (Wildman–Crippen MR) is 51.3 cm³/mol. The summed E-state index contributed by atoms with van der Waals surface area (Å²) in [5.41, 5.74) is 0. The van der Waals surface area contributed by atoms with Crippen LogP contribution in [-0.4, -0.2) is 25.3 Å². The molecule has 0 spiro atoms. The summed E-state index contributed by atoms with van der Waals surface area (Å²) in [6.45, 7) is 7.84. The van der Waals surface area contributed by atoms with Crippen LogP contribution in [-0.2, 0) is 4.74 Å². The molecule has 1 N–H and O–H groups in total. The van der Waals surface area contributed by atoms with E-state index in [1.54, 1.807) is 0 Å². The lowest BCUT2D eigenvalue weighted by Crippen LogP contribution is -2.38. The number of ether oxygens (including phenoxy) is 1. The van der Waals surface area contributed by atoms with Gasteiger partial charge in [-0.25, -0.2) is 0 Å². The van der Waals surface area contributed by atoms with Crippen LogP contribution in [0.2, 0.25) is 0 Å². The van der Waals surface area contributed by atoms with Gasteiger partial charge in [0.25, 0.3) is 0 Å². The predicted octanol–water partition coefficient (Wildman–Crippen LogP) is 1.72. The highest BCUT2D eigenvalue weighted by Crippen LogP contribution is 2.17. The lowest BCUT2D eigenvalue weighted by atomic mass is 10.0. The first-order valence-electron chi connectivity index (χ1n) is 4.84. The maximum absolute atomic E-state index is 5.61. The molecule has 2 nitrogen and oxygen atoms in total. The fourth-order valence-corrected chi connectivity index (χ4v) is 1.73. The van der Waals surface area contributed by atoms with Gasteiger partial charge in [-0.3, -0.25) is 0 Å². The lowest BCUT2D eigenvalue weighted by Gasteiger charge is -2.22. The molecule has 1 fully saturated rings. The Kier molecular flexibility index (Phi) is 4.33. The molecule has 1 saturated heterocycles. The summed E-state index contributed by atoms with van der Waals surface area (Å²) in [5, 5.41) is 3.43. The first-order chi connectivity index (χ1) is 5.88. The minimum Gasteiger partial charge on any atom is -0.377 e. The molecule has 0 amide bonds. The summed E-state index contributed by atoms with van der Waals surface area (Å²) >= 11 is 0. The van der Waals surface area contributed by atoms with Gasteiger partial charge in [0, 0.05) is 12.6 Å². The van der Waals surface area contributed by atoms with Gasteiger partial charge < -0.3 is 10.1 Å². The second kappa shape index (κ2) is 5.33. The molecule has 2 unspecified atom stereocenters. The number of rotatable bonds is 5. The Labute approximate surface area is 75.0 Å². The average molecular weight is 169 g/mol. The summed E-state index contributed by atoms with van der Waals surface area (Å²) in [4.78, 5) is 0. The summed E-state index contributed by atoms with van der Waals surface area (Å²) < 4.78 is 5.61. The molecule has 2 atom stereocenters. The molecule has 0 saturated carbocycles. The molecule has 2 heteroatoms. The zero-order chi connectivity index (χ0) is 8.81. The van der Waals surface area contributed by atoms with Gasteiger partial charge in [0.2, 0.25) is 0 Å². The number of nitrogens with one attached hydrogen (secondary N) is 1. The maximum Gasteiger partial charge on any atom is 0.0731 e. The molecule has 0 aromatic carbocycles. The van der Waals surface area contributed by atoms with Crippen LogP contribution in [0.3, 0.4) is 0 Å². The van der Waals surface area contributed by atoms with Crippen molar-refractivity contribution in [3.63, 3.8) is 0 Å². The van der Waals surface area contributed by atoms with E-state index in [0.717, 1.165) is 19.6 Å². The molecule has 0 aliphatic carbocycles. The highest BCUT2D eigenvalue weighted by atomic mass is 16.5. The van der Waals surface area contributed by atoms with Crippen LogP contribution in [0.25, 0.3) is 0 Å². The number of hydrogen-bond acceptors (Lipinski definition) is 2. The van der Waals surface area contributed by atoms with Crippen molar-refractivity contribution in [2.45, 2.75) is 38.3 Å². The molecule has 1 aliphatic heterocycles. The third-order valence-electron chi connectivity index (χ3n) is 2.30. The lowest BCUT2D eigenvalue weighted by molar-refractivity contribution is 0.0797. The van der Waals surface area contributed by atoms with Crippen LogP contribution in [0.1, 0.15) is 26.2 Å². The van der Waals surface area contributed by atoms with Crippen LogP contribution in [0, 0.1) is 0 Å². The molecule has 0 aromatic rings. The molecular formula is C10H19NO. The van der Waals surface area contributed by atoms with Crippen molar-refractivity contribution < 1.29 is 4.74 Å². The second-order valence-corrected chi connectivity index (χ2v) is 3.24. The summed E-state index contributed by atoms with van der Waals surface area (Å²) in [5.74, 6) is 0. The zero-order valence-corrected chi connectivity index (χ0v) is 7.88. The Hall–Kier alpha value is -0.340. The van der Waals surface area contributed by atoms with E-state index in [2.05, 4.69) is 18.8 Å². The molecule has 70 valence electrons. The minimum absolute atomic E-state index is 0.419.